The van der Waals surface area contributed by atoms with Crippen LogP contribution in [0, 0.1) is 11.3 Å². The zero-order chi connectivity index (χ0) is 18.3. The molecule has 0 radical (unpaired) electrons. The predicted molar refractivity (Wildman–Crippen MR) is 104 cm³/mol. The molecule has 1 saturated heterocycles. The van der Waals surface area contributed by atoms with E-state index in [4.69, 9.17) is 0 Å². The van der Waals surface area contributed by atoms with Gasteiger partial charge in [0.2, 0.25) is 5.91 Å². The Labute approximate surface area is 158 Å². The lowest BCUT2D eigenvalue weighted by atomic mass is 9.81. The number of carbonyl (C=O) groups is 1. The van der Waals surface area contributed by atoms with Crippen molar-refractivity contribution in [2.75, 3.05) is 18.0 Å². The second-order valence-electron chi connectivity index (χ2n) is 7.77. The average Bonchev–Trinajstić information content (AvgIpc) is 3.28. The molecular weight excluding hydrogens is 338 g/mol. The third kappa shape index (κ3) is 2.95. The summed E-state index contributed by atoms with van der Waals surface area (Å²) in [6, 6.07) is 12.1. The number of carbonyl (C=O) groups excluding carboxylic acids is 1. The lowest BCUT2D eigenvalue weighted by molar-refractivity contribution is -0.128. The normalized spacial score (nSPS) is 20.7. The molecule has 3 heterocycles. The van der Waals surface area contributed by atoms with Crippen LogP contribution < -0.4 is 10.2 Å². The number of fused-ring (bicyclic) bond motifs is 1. The van der Waals surface area contributed by atoms with Gasteiger partial charge in [-0.25, -0.2) is 9.97 Å². The van der Waals surface area contributed by atoms with Gasteiger partial charge in [0.25, 0.3) is 0 Å². The smallest absolute Gasteiger partial charge is 0.224 e. The summed E-state index contributed by atoms with van der Waals surface area (Å²) in [5.74, 6) is 1.28. The van der Waals surface area contributed by atoms with Crippen molar-refractivity contribution in [1.82, 2.24) is 20.3 Å². The van der Waals surface area contributed by atoms with Crippen LogP contribution in [0.1, 0.15) is 24.8 Å². The number of nitrogens with zero attached hydrogens (tertiary/aromatic N) is 3. The number of hydrogen-bond acceptors (Lipinski definition) is 4. The van der Waals surface area contributed by atoms with E-state index in [1.807, 2.05) is 42.6 Å². The number of benzene rings is 1. The number of H-pyrrole nitrogens is 1. The molecule has 2 aromatic heterocycles. The van der Waals surface area contributed by atoms with Gasteiger partial charge in [-0.2, -0.15) is 0 Å². The van der Waals surface area contributed by atoms with Crippen molar-refractivity contribution in [3.8, 4) is 0 Å². The summed E-state index contributed by atoms with van der Waals surface area (Å²) in [4.78, 5) is 27.2. The summed E-state index contributed by atoms with van der Waals surface area (Å²) in [6.45, 7) is 2.35. The molecule has 1 unspecified atom stereocenters. The van der Waals surface area contributed by atoms with Gasteiger partial charge in [0.05, 0.1) is 5.39 Å². The van der Waals surface area contributed by atoms with Gasteiger partial charge in [-0.05, 0) is 36.3 Å². The van der Waals surface area contributed by atoms with Crippen LogP contribution in [-0.4, -0.2) is 33.9 Å². The predicted octanol–water partition coefficient (Wildman–Crippen LogP) is 2.88. The summed E-state index contributed by atoms with van der Waals surface area (Å²) in [6.07, 6.45) is 6.63. The van der Waals surface area contributed by atoms with E-state index in [2.05, 4.69) is 25.2 Å². The van der Waals surface area contributed by atoms with Crippen molar-refractivity contribution >= 4 is 22.8 Å². The number of anilines is 1. The van der Waals surface area contributed by atoms with E-state index in [9.17, 15) is 4.79 Å². The topological polar surface area (TPSA) is 73.9 Å². The van der Waals surface area contributed by atoms with Crippen molar-refractivity contribution in [1.29, 1.82) is 0 Å². The van der Waals surface area contributed by atoms with Crippen molar-refractivity contribution in [2.24, 2.45) is 11.3 Å². The van der Waals surface area contributed by atoms with Crippen LogP contribution in [0.4, 0.5) is 5.82 Å². The minimum absolute atomic E-state index is 0.0982. The average molecular weight is 361 g/mol. The van der Waals surface area contributed by atoms with Gasteiger partial charge in [0.15, 0.2) is 0 Å². The number of hydrogen-bond donors (Lipinski definition) is 2. The van der Waals surface area contributed by atoms with E-state index in [-0.39, 0.29) is 17.2 Å². The highest BCUT2D eigenvalue weighted by atomic mass is 16.1. The lowest BCUT2D eigenvalue weighted by Crippen LogP contribution is -2.48. The van der Waals surface area contributed by atoms with Crippen molar-refractivity contribution in [2.45, 2.75) is 25.8 Å². The molecule has 1 aliphatic carbocycles. The summed E-state index contributed by atoms with van der Waals surface area (Å²) < 4.78 is 0. The molecule has 138 valence electrons. The Morgan fingerprint density at radius 2 is 2.07 bits per heavy atom. The summed E-state index contributed by atoms with van der Waals surface area (Å²) >= 11 is 0. The number of rotatable bonds is 4. The third-order valence-corrected chi connectivity index (χ3v) is 6.08. The van der Waals surface area contributed by atoms with Crippen LogP contribution in [0.15, 0.2) is 48.9 Å². The van der Waals surface area contributed by atoms with Crippen LogP contribution in [0.3, 0.4) is 0 Å². The molecule has 27 heavy (non-hydrogen) atoms. The first-order valence-electron chi connectivity index (χ1n) is 9.60. The van der Waals surface area contributed by atoms with Crippen LogP contribution in [0.25, 0.3) is 11.0 Å². The Morgan fingerprint density at radius 1 is 1.22 bits per heavy atom. The number of aromatic nitrogens is 3. The molecule has 5 rings (SSSR count). The highest BCUT2D eigenvalue weighted by molar-refractivity contribution is 5.87. The van der Waals surface area contributed by atoms with Gasteiger partial charge < -0.3 is 15.2 Å². The number of amides is 1. The lowest BCUT2D eigenvalue weighted by Gasteiger charge is -2.39. The fourth-order valence-electron chi connectivity index (χ4n) is 4.44. The standard InChI is InChI=1S/C21H23N5O/c27-20(23-12-15-4-2-1-3-5-15)17-7-11-26(13-21(17)8-9-21)19-16-6-10-22-18(16)24-14-25-19/h1-6,10,14,17H,7-9,11-13H2,(H,23,27)(H,22,24,25). The second-order valence-corrected chi connectivity index (χ2v) is 7.77. The molecule has 6 nitrogen and oxygen atoms in total. The highest BCUT2D eigenvalue weighted by Crippen LogP contribution is 2.56. The molecule has 6 heteroatoms. The van der Waals surface area contributed by atoms with E-state index >= 15 is 0 Å². The van der Waals surface area contributed by atoms with Crippen LogP contribution >= 0.6 is 0 Å². The van der Waals surface area contributed by atoms with E-state index in [0.29, 0.717) is 6.54 Å². The maximum atomic E-state index is 12.9. The molecule has 1 aliphatic heterocycles. The van der Waals surface area contributed by atoms with Gasteiger partial charge in [-0.15, -0.1) is 0 Å². The van der Waals surface area contributed by atoms with Crippen molar-refractivity contribution in [3.63, 3.8) is 0 Å². The molecule has 2 N–H and O–H groups in total. The van der Waals surface area contributed by atoms with E-state index < -0.39 is 0 Å². The molecule has 2 fully saturated rings. The molecule has 1 aromatic carbocycles. The number of aromatic amines is 1. The second kappa shape index (κ2) is 6.37. The first kappa shape index (κ1) is 16.3. The highest BCUT2D eigenvalue weighted by Gasteiger charge is 2.55. The van der Waals surface area contributed by atoms with Crippen LogP contribution in [0.2, 0.25) is 0 Å². The summed E-state index contributed by atoms with van der Waals surface area (Å²) in [5, 5.41) is 4.21. The molecule has 1 atom stereocenters. The minimum Gasteiger partial charge on any atom is -0.355 e. The Kier molecular flexibility index (Phi) is 3.85. The number of piperidine rings is 1. The van der Waals surface area contributed by atoms with Crippen molar-refractivity contribution in [3.05, 3.63) is 54.5 Å². The first-order chi connectivity index (χ1) is 13.3. The van der Waals surface area contributed by atoms with Gasteiger partial charge in [0.1, 0.15) is 17.8 Å². The minimum atomic E-state index is 0.0982. The zero-order valence-electron chi connectivity index (χ0n) is 15.2. The number of nitrogens with one attached hydrogen (secondary N) is 2. The van der Waals surface area contributed by atoms with Gasteiger partial charge in [0, 0.05) is 31.7 Å². The van der Waals surface area contributed by atoms with Crippen molar-refractivity contribution < 1.29 is 4.79 Å². The third-order valence-electron chi connectivity index (χ3n) is 6.08. The van der Waals surface area contributed by atoms with E-state index in [0.717, 1.165) is 54.8 Å². The Hall–Kier alpha value is -2.89. The van der Waals surface area contributed by atoms with Gasteiger partial charge >= 0.3 is 0 Å². The molecular formula is C21H23N5O. The van der Waals surface area contributed by atoms with Crippen LogP contribution in [0.5, 0.6) is 0 Å². The summed E-state index contributed by atoms with van der Waals surface area (Å²) in [7, 11) is 0. The maximum absolute atomic E-state index is 12.9. The molecule has 1 amide bonds. The monoisotopic (exact) mass is 361 g/mol. The van der Waals surface area contributed by atoms with E-state index in [1.54, 1.807) is 6.33 Å². The SMILES string of the molecule is O=C(NCc1ccccc1)C1CCN(c2ncnc3[nH]ccc23)CC12CC2. The fourth-order valence-corrected chi connectivity index (χ4v) is 4.44. The quantitative estimate of drug-likeness (QED) is 0.749. The Morgan fingerprint density at radius 3 is 2.89 bits per heavy atom. The molecule has 1 saturated carbocycles. The fraction of sp³-hybridized carbons (Fsp3) is 0.381. The van der Waals surface area contributed by atoms with Gasteiger partial charge in [-0.3, -0.25) is 4.79 Å². The summed E-state index contributed by atoms with van der Waals surface area (Å²) in [5.41, 5.74) is 2.11. The molecule has 3 aromatic rings. The van der Waals surface area contributed by atoms with Gasteiger partial charge in [-0.1, -0.05) is 30.3 Å². The molecule has 1 spiro atoms. The largest absolute Gasteiger partial charge is 0.355 e. The maximum Gasteiger partial charge on any atom is 0.224 e. The van der Waals surface area contributed by atoms with E-state index in [1.165, 1.54) is 0 Å². The molecule has 2 aliphatic rings. The Bertz CT molecular complexity index is 963. The first-order valence-corrected chi connectivity index (χ1v) is 9.60. The Balaban J connectivity index is 1.30. The van der Waals surface area contributed by atoms with Crippen LogP contribution in [-0.2, 0) is 11.3 Å². The molecule has 0 bridgehead atoms. The zero-order valence-corrected chi connectivity index (χ0v) is 15.2.